The van der Waals surface area contributed by atoms with Crippen molar-refractivity contribution in [2.45, 2.75) is 51.6 Å². The van der Waals surface area contributed by atoms with Gasteiger partial charge in [0, 0.05) is 31.4 Å². The molecule has 1 aliphatic rings. The molecule has 1 saturated heterocycles. The molecule has 3 heteroatoms. The third-order valence-electron chi connectivity index (χ3n) is 4.80. The van der Waals surface area contributed by atoms with Crippen LogP contribution in [0.1, 0.15) is 38.7 Å². The van der Waals surface area contributed by atoms with Crippen LogP contribution in [0.3, 0.4) is 0 Å². The predicted octanol–water partition coefficient (Wildman–Crippen LogP) is 2.89. The first kappa shape index (κ1) is 16.3. The zero-order valence-corrected chi connectivity index (χ0v) is 13.9. The predicted molar refractivity (Wildman–Crippen MR) is 92.0 cm³/mol. The second-order valence-electron chi connectivity index (χ2n) is 6.31. The van der Waals surface area contributed by atoms with Gasteiger partial charge in [0.1, 0.15) is 0 Å². The van der Waals surface area contributed by atoms with Gasteiger partial charge in [0.15, 0.2) is 0 Å². The largest absolute Gasteiger partial charge is 0.373 e. The molecule has 1 aliphatic heterocycles. The number of likely N-dealkylation sites (N-methyl/N-ethyl adjacent to an activating group) is 2. The molecule has 0 aliphatic carbocycles. The summed E-state index contributed by atoms with van der Waals surface area (Å²) in [5, 5.41) is 0. The van der Waals surface area contributed by atoms with E-state index in [4.69, 9.17) is 5.73 Å². The molecular formula is C18H31N3. The van der Waals surface area contributed by atoms with Gasteiger partial charge < -0.3 is 10.6 Å². The number of likely N-dealkylation sites (tertiary alicyclic amines) is 1. The van der Waals surface area contributed by atoms with Gasteiger partial charge >= 0.3 is 0 Å². The maximum absolute atomic E-state index is 6.15. The van der Waals surface area contributed by atoms with Crippen molar-refractivity contribution in [1.29, 1.82) is 0 Å². The Morgan fingerprint density at radius 2 is 2.10 bits per heavy atom. The van der Waals surface area contributed by atoms with Crippen molar-refractivity contribution in [3.05, 3.63) is 29.8 Å². The van der Waals surface area contributed by atoms with E-state index in [1.165, 1.54) is 37.2 Å². The van der Waals surface area contributed by atoms with Gasteiger partial charge in [0.25, 0.3) is 0 Å². The average Bonchev–Trinajstić information content (AvgIpc) is 2.94. The van der Waals surface area contributed by atoms with E-state index >= 15 is 0 Å². The molecule has 0 radical (unpaired) electrons. The van der Waals surface area contributed by atoms with Crippen LogP contribution in [-0.4, -0.2) is 43.7 Å². The normalized spacial score (nSPS) is 20.7. The Morgan fingerprint density at radius 3 is 2.81 bits per heavy atom. The molecule has 1 aromatic rings. The summed E-state index contributed by atoms with van der Waals surface area (Å²) in [6.45, 7) is 7.98. The van der Waals surface area contributed by atoms with Gasteiger partial charge in [-0.1, -0.05) is 32.0 Å². The molecule has 2 atom stereocenters. The Kier molecular flexibility index (Phi) is 6.07. The first-order valence-corrected chi connectivity index (χ1v) is 8.44. The summed E-state index contributed by atoms with van der Waals surface area (Å²) in [5.41, 5.74) is 8.89. The fourth-order valence-electron chi connectivity index (χ4n) is 3.42. The van der Waals surface area contributed by atoms with E-state index in [1.807, 2.05) is 0 Å². The lowest BCUT2D eigenvalue weighted by Gasteiger charge is -2.30. The van der Waals surface area contributed by atoms with E-state index < -0.39 is 0 Å². The summed E-state index contributed by atoms with van der Waals surface area (Å²) in [4.78, 5) is 5.03. The van der Waals surface area contributed by atoms with Gasteiger partial charge in [0.05, 0.1) is 0 Å². The third-order valence-corrected chi connectivity index (χ3v) is 4.80. The molecule has 0 saturated carbocycles. The molecular weight excluding hydrogens is 258 g/mol. The number of hydrogen-bond donors (Lipinski definition) is 1. The van der Waals surface area contributed by atoms with Gasteiger partial charge in [0.2, 0.25) is 0 Å². The van der Waals surface area contributed by atoms with Crippen molar-refractivity contribution in [2.75, 3.05) is 31.6 Å². The molecule has 0 bridgehead atoms. The van der Waals surface area contributed by atoms with Crippen molar-refractivity contribution >= 4 is 5.69 Å². The molecule has 0 spiro atoms. The Hall–Kier alpha value is -1.06. The summed E-state index contributed by atoms with van der Waals surface area (Å²) >= 11 is 0. The first-order chi connectivity index (χ1) is 10.2. The number of nitrogens with zero attached hydrogens (tertiary/aromatic N) is 2. The number of nitrogens with two attached hydrogens (primary N) is 1. The lowest BCUT2D eigenvalue weighted by Crippen LogP contribution is -2.39. The number of anilines is 1. The summed E-state index contributed by atoms with van der Waals surface area (Å²) in [6.07, 6.45) is 4.67. The summed E-state index contributed by atoms with van der Waals surface area (Å²) in [6, 6.07) is 9.70. The number of benzene rings is 1. The minimum atomic E-state index is 0.262. The van der Waals surface area contributed by atoms with Crippen LogP contribution in [0.4, 0.5) is 5.69 Å². The van der Waals surface area contributed by atoms with E-state index in [2.05, 4.69) is 55.0 Å². The van der Waals surface area contributed by atoms with Crippen LogP contribution in [-0.2, 0) is 6.42 Å². The third kappa shape index (κ3) is 4.21. The molecule has 0 amide bonds. The molecule has 2 rings (SSSR count). The highest BCUT2D eigenvalue weighted by Crippen LogP contribution is 2.24. The fourth-order valence-corrected chi connectivity index (χ4v) is 3.42. The molecule has 1 fully saturated rings. The molecule has 0 aromatic heterocycles. The molecule has 3 nitrogen and oxygen atoms in total. The van der Waals surface area contributed by atoms with Crippen molar-refractivity contribution < 1.29 is 0 Å². The number of para-hydroxylation sites is 1. The molecule has 2 unspecified atom stereocenters. The smallest absolute Gasteiger partial charge is 0.0397 e. The highest BCUT2D eigenvalue weighted by Gasteiger charge is 2.24. The van der Waals surface area contributed by atoms with Crippen molar-refractivity contribution in [1.82, 2.24) is 4.90 Å². The molecule has 118 valence electrons. The molecule has 21 heavy (non-hydrogen) atoms. The van der Waals surface area contributed by atoms with E-state index in [9.17, 15) is 0 Å². The minimum absolute atomic E-state index is 0.262. The van der Waals surface area contributed by atoms with Crippen LogP contribution in [0.2, 0.25) is 0 Å². The standard InChI is InChI=1S/C18H31N3/c1-4-16(19)13-15-9-6-7-11-18(15)20(3)14-17-10-8-12-21(17)5-2/h6-7,9,11,16-17H,4-5,8,10,12-14,19H2,1-3H3. The Balaban J connectivity index is 2.06. The van der Waals surface area contributed by atoms with Gasteiger partial charge in [-0.3, -0.25) is 4.90 Å². The van der Waals surface area contributed by atoms with E-state index in [0.29, 0.717) is 6.04 Å². The second-order valence-corrected chi connectivity index (χ2v) is 6.31. The minimum Gasteiger partial charge on any atom is -0.373 e. The first-order valence-electron chi connectivity index (χ1n) is 8.44. The molecule has 1 heterocycles. The summed E-state index contributed by atoms with van der Waals surface area (Å²) < 4.78 is 0. The number of hydrogen-bond acceptors (Lipinski definition) is 3. The Labute approximate surface area is 130 Å². The lowest BCUT2D eigenvalue weighted by atomic mass is 10.0. The van der Waals surface area contributed by atoms with Gasteiger partial charge in [-0.15, -0.1) is 0 Å². The maximum atomic E-state index is 6.15. The van der Waals surface area contributed by atoms with Crippen molar-refractivity contribution in [3.63, 3.8) is 0 Å². The maximum Gasteiger partial charge on any atom is 0.0397 e. The summed E-state index contributed by atoms with van der Waals surface area (Å²) in [7, 11) is 2.22. The fraction of sp³-hybridized carbons (Fsp3) is 0.667. The van der Waals surface area contributed by atoms with Crippen LogP contribution in [0.15, 0.2) is 24.3 Å². The Morgan fingerprint density at radius 1 is 1.33 bits per heavy atom. The van der Waals surface area contributed by atoms with Crippen LogP contribution >= 0.6 is 0 Å². The van der Waals surface area contributed by atoms with Crippen molar-refractivity contribution in [3.8, 4) is 0 Å². The van der Waals surface area contributed by atoms with Crippen molar-refractivity contribution in [2.24, 2.45) is 5.73 Å². The van der Waals surface area contributed by atoms with Crippen LogP contribution in [0, 0.1) is 0 Å². The van der Waals surface area contributed by atoms with E-state index in [0.717, 1.165) is 19.4 Å². The van der Waals surface area contributed by atoms with Gasteiger partial charge in [-0.05, 0) is 50.4 Å². The van der Waals surface area contributed by atoms with Crippen LogP contribution < -0.4 is 10.6 Å². The zero-order chi connectivity index (χ0) is 15.2. The second kappa shape index (κ2) is 7.81. The van der Waals surface area contributed by atoms with Crippen LogP contribution in [0.25, 0.3) is 0 Å². The monoisotopic (exact) mass is 289 g/mol. The van der Waals surface area contributed by atoms with E-state index in [1.54, 1.807) is 0 Å². The highest BCUT2D eigenvalue weighted by molar-refractivity contribution is 5.53. The SMILES string of the molecule is CCC(N)Cc1ccccc1N(C)CC1CCCN1CC. The topological polar surface area (TPSA) is 32.5 Å². The molecule has 2 N–H and O–H groups in total. The zero-order valence-electron chi connectivity index (χ0n) is 13.9. The lowest BCUT2D eigenvalue weighted by molar-refractivity contribution is 0.270. The Bertz CT molecular complexity index is 432. The number of rotatable bonds is 7. The van der Waals surface area contributed by atoms with E-state index in [-0.39, 0.29) is 6.04 Å². The van der Waals surface area contributed by atoms with Crippen LogP contribution in [0.5, 0.6) is 0 Å². The van der Waals surface area contributed by atoms with Gasteiger partial charge in [-0.2, -0.15) is 0 Å². The van der Waals surface area contributed by atoms with Gasteiger partial charge in [-0.25, -0.2) is 0 Å². The average molecular weight is 289 g/mol. The highest BCUT2D eigenvalue weighted by atomic mass is 15.2. The molecule has 1 aromatic carbocycles. The summed E-state index contributed by atoms with van der Waals surface area (Å²) in [5.74, 6) is 0. The quantitative estimate of drug-likeness (QED) is 0.838.